The second-order valence-corrected chi connectivity index (χ2v) is 5.60. The highest BCUT2D eigenvalue weighted by Crippen LogP contribution is 2.32. The van der Waals surface area contributed by atoms with E-state index in [1.807, 2.05) is 0 Å². The maximum absolute atomic E-state index is 14.3. The van der Waals surface area contributed by atoms with Crippen LogP contribution in [-0.4, -0.2) is 15.6 Å². The predicted octanol–water partition coefficient (Wildman–Crippen LogP) is 3.91. The first kappa shape index (κ1) is 17.7. The highest BCUT2D eigenvalue weighted by molar-refractivity contribution is 5.92. The third-order valence-electron chi connectivity index (χ3n) is 3.94. The van der Waals surface area contributed by atoms with Crippen molar-refractivity contribution in [1.82, 2.24) is 4.57 Å². The maximum atomic E-state index is 14.3. The van der Waals surface area contributed by atoms with Gasteiger partial charge in [0.1, 0.15) is 11.4 Å². The summed E-state index contributed by atoms with van der Waals surface area (Å²) in [5.74, 6) is -2.37. The van der Waals surface area contributed by atoms with Crippen LogP contribution in [0.3, 0.4) is 0 Å². The van der Waals surface area contributed by atoms with Gasteiger partial charge in [-0.05, 0) is 23.8 Å². The summed E-state index contributed by atoms with van der Waals surface area (Å²) >= 11 is 0. The summed E-state index contributed by atoms with van der Waals surface area (Å²) in [5.41, 5.74) is -2.89. The number of pyridine rings is 1. The Bertz CT molecular complexity index is 1070. The number of fused-ring (bicyclic) bond motifs is 1. The summed E-state index contributed by atoms with van der Waals surface area (Å²) in [6, 6.07) is 8.23. The number of aromatic nitrogens is 1. The Morgan fingerprint density at radius 2 is 1.77 bits per heavy atom. The lowest BCUT2D eigenvalue weighted by atomic mass is 10.1. The summed E-state index contributed by atoms with van der Waals surface area (Å²) in [6.07, 6.45) is -3.76. The average molecular weight is 365 g/mol. The topological polar surface area (TPSA) is 59.3 Å². The predicted molar refractivity (Wildman–Crippen MR) is 85.7 cm³/mol. The van der Waals surface area contributed by atoms with Crippen LogP contribution in [0.15, 0.2) is 53.5 Å². The number of carboxylic acid groups (broad SMARTS) is 1. The van der Waals surface area contributed by atoms with Crippen molar-refractivity contribution >= 4 is 16.9 Å². The minimum Gasteiger partial charge on any atom is -0.477 e. The lowest BCUT2D eigenvalue weighted by Gasteiger charge is -2.17. The molecule has 0 aliphatic heterocycles. The van der Waals surface area contributed by atoms with E-state index in [2.05, 4.69) is 0 Å². The van der Waals surface area contributed by atoms with Crippen molar-refractivity contribution in [1.29, 1.82) is 0 Å². The minimum atomic E-state index is -4.63. The van der Waals surface area contributed by atoms with Gasteiger partial charge in [0.15, 0.2) is 0 Å². The second-order valence-electron chi connectivity index (χ2n) is 5.60. The Labute approximate surface area is 143 Å². The van der Waals surface area contributed by atoms with Gasteiger partial charge < -0.3 is 9.67 Å². The first-order valence-electron chi connectivity index (χ1n) is 7.40. The molecule has 0 fully saturated rings. The monoisotopic (exact) mass is 365 g/mol. The Balaban J connectivity index is 2.29. The number of alkyl halides is 3. The highest BCUT2D eigenvalue weighted by atomic mass is 19.4. The van der Waals surface area contributed by atoms with Crippen molar-refractivity contribution in [2.45, 2.75) is 12.7 Å². The van der Waals surface area contributed by atoms with Crippen molar-refractivity contribution in [2.75, 3.05) is 0 Å². The molecule has 8 heteroatoms. The van der Waals surface area contributed by atoms with E-state index in [1.165, 1.54) is 30.3 Å². The molecule has 1 aromatic heterocycles. The van der Waals surface area contributed by atoms with Crippen LogP contribution in [0.1, 0.15) is 21.5 Å². The van der Waals surface area contributed by atoms with E-state index in [0.717, 1.165) is 22.9 Å². The lowest BCUT2D eigenvalue weighted by molar-refractivity contribution is -0.138. The van der Waals surface area contributed by atoms with Crippen LogP contribution in [0.2, 0.25) is 0 Å². The second kappa shape index (κ2) is 6.29. The van der Waals surface area contributed by atoms with E-state index in [-0.39, 0.29) is 16.5 Å². The number of nitrogens with zero attached hydrogens (tertiary/aromatic N) is 1. The molecule has 0 unspecified atom stereocenters. The number of hydrogen-bond acceptors (Lipinski definition) is 2. The lowest BCUT2D eigenvalue weighted by Crippen LogP contribution is -2.20. The van der Waals surface area contributed by atoms with Gasteiger partial charge in [-0.15, -0.1) is 0 Å². The number of carboxylic acids is 1. The summed E-state index contributed by atoms with van der Waals surface area (Å²) in [5, 5.41) is 8.97. The van der Waals surface area contributed by atoms with Crippen LogP contribution in [0.5, 0.6) is 0 Å². The maximum Gasteiger partial charge on any atom is 0.416 e. The zero-order valence-electron chi connectivity index (χ0n) is 13.0. The largest absolute Gasteiger partial charge is 0.477 e. The molecule has 4 nitrogen and oxygen atoms in total. The average Bonchev–Trinajstić information content (AvgIpc) is 2.56. The number of rotatable bonds is 3. The van der Waals surface area contributed by atoms with Gasteiger partial charge in [-0.1, -0.05) is 24.3 Å². The van der Waals surface area contributed by atoms with Crippen LogP contribution in [0, 0.1) is 5.82 Å². The van der Waals surface area contributed by atoms with Crippen LogP contribution < -0.4 is 5.43 Å². The molecule has 134 valence electrons. The molecule has 1 N–H and O–H groups in total. The molecule has 0 aliphatic carbocycles. The molecule has 0 radical (unpaired) electrons. The fraction of sp³-hybridized carbons (Fsp3) is 0.111. The fourth-order valence-corrected chi connectivity index (χ4v) is 2.81. The van der Waals surface area contributed by atoms with Gasteiger partial charge in [0, 0.05) is 18.1 Å². The summed E-state index contributed by atoms with van der Waals surface area (Å²) in [7, 11) is 0. The third-order valence-corrected chi connectivity index (χ3v) is 3.94. The smallest absolute Gasteiger partial charge is 0.416 e. The van der Waals surface area contributed by atoms with Crippen molar-refractivity contribution < 1.29 is 27.5 Å². The summed E-state index contributed by atoms with van der Waals surface area (Å²) < 4.78 is 54.8. The molecular formula is C18H11F4NO3. The molecule has 26 heavy (non-hydrogen) atoms. The molecule has 0 saturated carbocycles. The molecule has 0 bridgehead atoms. The van der Waals surface area contributed by atoms with E-state index >= 15 is 0 Å². The summed E-state index contributed by atoms with van der Waals surface area (Å²) in [6.45, 7) is -0.451. The van der Waals surface area contributed by atoms with Gasteiger partial charge in [-0.3, -0.25) is 4.79 Å². The molecule has 0 saturated heterocycles. The highest BCUT2D eigenvalue weighted by Gasteiger charge is 2.33. The van der Waals surface area contributed by atoms with Crippen LogP contribution in [-0.2, 0) is 12.7 Å². The quantitative estimate of drug-likeness (QED) is 0.716. The minimum absolute atomic E-state index is 0.176. The Hall–Kier alpha value is -3.16. The first-order valence-corrected chi connectivity index (χ1v) is 7.40. The summed E-state index contributed by atoms with van der Waals surface area (Å²) in [4.78, 5) is 23.5. The van der Waals surface area contributed by atoms with Crippen LogP contribution in [0.25, 0.3) is 10.9 Å². The van der Waals surface area contributed by atoms with Crippen molar-refractivity contribution in [3.8, 4) is 0 Å². The Morgan fingerprint density at radius 1 is 1.08 bits per heavy atom. The molecular weight excluding hydrogens is 354 g/mol. The number of hydrogen-bond donors (Lipinski definition) is 1. The molecule has 3 aromatic rings. The normalized spacial score (nSPS) is 11.7. The number of carbonyl (C=O) groups is 1. The Kier molecular flexibility index (Phi) is 4.27. The third kappa shape index (κ3) is 3.05. The van der Waals surface area contributed by atoms with Gasteiger partial charge in [0.2, 0.25) is 5.43 Å². The Morgan fingerprint density at radius 3 is 2.42 bits per heavy atom. The first-order chi connectivity index (χ1) is 12.2. The van der Waals surface area contributed by atoms with Gasteiger partial charge >= 0.3 is 12.1 Å². The number of halogens is 4. The molecule has 2 aromatic carbocycles. The number of benzene rings is 2. The molecule has 3 rings (SSSR count). The van der Waals surface area contributed by atoms with Crippen LogP contribution >= 0.6 is 0 Å². The zero-order valence-corrected chi connectivity index (χ0v) is 13.0. The SMILES string of the molecule is O=C(O)c1cn(Cc2ccccc2C(F)(F)F)c2c(F)cccc2c1=O. The molecule has 0 amide bonds. The van der Waals surface area contributed by atoms with E-state index < -0.39 is 41.1 Å². The fourth-order valence-electron chi connectivity index (χ4n) is 2.81. The van der Waals surface area contributed by atoms with Gasteiger partial charge in [0.25, 0.3) is 0 Å². The van der Waals surface area contributed by atoms with Crippen molar-refractivity contribution in [3.05, 3.63) is 81.4 Å². The zero-order chi connectivity index (χ0) is 19.1. The van der Waals surface area contributed by atoms with Gasteiger partial charge in [-0.25, -0.2) is 9.18 Å². The van der Waals surface area contributed by atoms with Gasteiger partial charge in [0.05, 0.1) is 11.1 Å². The molecule has 0 spiro atoms. The molecule has 0 atom stereocenters. The van der Waals surface area contributed by atoms with E-state index in [0.29, 0.717) is 0 Å². The molecule has 1 heterocycles. The van der Waals surface area contributed by atoms with E-state index in [1.54, 1.807) is 0 Å². The van der Waals surface area contributed by atoms with Crippen LogP contribution in [0.4, 0.5) is 17.6 Å². The molecule has 0 aliphatic rings. The standard InChI is InChI=1S/C18H11F4NO3/c19-14-7-3-5-11-15(14)23(9-12(16(11)24)17(25)26)8-10-4-1-2-6-13(10)18(20,21)22/h1-7,9H,8H2,(H,25,26). The van der Waals surface area contributed by atoms with Crippen molar-refractivity contribution in [3.63, 3.8) is 0 Å². The van der Waals surface area contributed by atoms with E-state index in [4.69, 9.17) is 0 Å². The number of aromatic carboxylic acids is 1. The van der Waals surface area contributed by atoms with Gasteiger partial charge in [-0.2, -0.15) is 13.2 Å². The van der Waals surface area contributed by atoms with Crippen molar-refractivity contribution in [2.24, 2.45) is 0 Å². The number of para-hydroxylation sites is 1. The van der Waals surface area contributed by atoms with E-state index in [9.17, 15) is 32.3 Å².